The molecule has 1 saturated heterocycles. The first-order valence-electron chi connectivity index (χ1n) is 31.9. The number of amides is 7. The minimum Gasteiger partial charge on any atom is -0.508 e. The fraction of sp³-hybridized carbons (Fsp3) is 0.433. The Hall–Kier alpha value is -9.20. The molecule has 5 aromatic carbocycles. The first kappa shape index (κ1) is 77.0. The zero-order valence-electron chi connectivity index (χ0n) is 55.6. The fourth-order valence-corrected chi connectivity index (χ4v) is 12.6. The van der Waals surface area contributed by atoms with Crippen molar-refractivity contribution in [2.45, 2.75) is 164 Å². The second-order valence-electron chi connectivity index (χ2n) is 26.0. The summed E-state index contributed by atoms with van der Waals surface area (Å²) in [7, 11) is 1.47. The molecule has 0 radical (unpaired) electrons. The molecule has 11 rings (SSSR count). The number of aromatic hydroxyl groups is 3. The van der Waals surface area contributed by atoms with E-state index in [0.717, 1.165) is 66.7 Å². The van der Waals surface area contributed by atoms with E-state index in [0.29, 0.717) is 0 Å². The lowest BCUT2D eigenvalue weighted by Gasteiger charge is -2.43. The number of carboxylic acid groups (broad SMARTS) is 1. The molecule has 5 aromatic rings. The first-order chi connectivity index (χ1) is 48.0. The fourth-order valence-electron chi connectivity index (χ4n) is 12.1. The van der Waals surface area contributed by atoms with Crippen molar-refractivity contribution in [1.82, 2.24) is 37.2 Å². The standard InChI is InChI=1S/C67H79Cl2N9O24/c1-24(2)14-36(72-7)59(89)77-50-52(84)28-9-12-40(34(68)16-28)99-42-18-30-19-43(56(42)102-66-57(55(87)54(86)44(23-79)101-66)98-26(4)97-25(3)58(88)67(5,6)71)100-41-13-10-29(17-35(41)69)53(85)51-64(94)76-49(65(95)96)33-20-31(80)21-39(82)46(33)32-15-27(8-11-38(32)81)47(61(91)78-51)75-62(92)48(30)74-60(90)37(22-45(70)83)73-63(50)93/h8-13,15-21,24-26,36-37,44,47-55,57-58,66,72,79-82,84-88H,14,22-23,71H2,1-7H3,(H2,70,83)(H,73,93)(H,74,90)(H,75,92)(H,76,94)(H,77,89)(H,78,91)(H,95,96)/t25?,26-,36-,37+,44?,47?,48-,49-,50?,51+,52-,53-,54?,55?,57?,58?,66?/m1/s1. The Morgan fingerprint density at radius 2 is 1.28 bits per heavy atom. The lowest BCUT2D eigenvalue weighted by molar-refractivity contribution is -0.320. The number of primary amides is 1. The van der Waals surface area contributed by atoms with Crippen LogP contribution >= 0.6 is 23.2 Å². The summed E-state index contributed by atoms with van der Waals surface area (Å²) in [5, 5.41) is 130. The molecule has 102 heavy (non-hydrogen) atoms. The van der Waals surface area contributed by atoms with Gasteiger partial charge in [-0.2, -0.15) is 0 Å². The number of rotatable bonds is 17. The monoisotopic (exact) mass is 1460 g/mol. The van der Waals surface area contributed by atoms with E-state index in [2.05, 4.69) is 37.2 Å². The van der Waals surface area contributed by atoms with Crippen LogP contribution in [0.15, 0.2) is 78.9 Å². The van der Waals surface area contributed by atoms with Crippen LogP contribution in [-0.4, -0.2) is 191 Å². The number of benzene rings is 5. The number of carbonyl (C=O) groups is 8. The zero-order valence-corrected chi connectivity index (χ0v) is 57.1. The van der Waals surface area contributed by atoms with E-state index in [9.17, 15) is 75.0 Å². The van der Waals surface area contributed by atoms with Crippen molar-refractivity contribution in [2.24, 2.45) is 17.4 Å². The summed E-state index contributed by atoms with van der Waals surface area (Å²) in [6, 6.07) is -0.719. The number of phenols is 3. The summed E-state index contributed by atoms with van der Waals surface area (Å²) in [5.74, 6) is -16.0. The molecule has 6 heterocycles. The van der Waals surface area contributed by atoms with Gasteiger partial charge in [-0.05, 0) is 124 Å². The highest BCUT2D eigenvalue weighted by Crippen LogP contribution is 2.50. The normalized spacial score (nSPS) is 25.9. The second-order valence-corrected chi connectivity index (χ2v) is 26.8. The number of hydrogen-bond acceptors (Lipinski definition) is 25. The molecular weight excluding hydrogens is 1390 g/mol. The van der Waals surface area contributed by atoms with Gasteiger partial charge in [0, 0.05) is 28.3 Å². The van der Waals surface area contributed by atoms with Crippen LogP contribution in [0.3, 0.4) is 0 Å². The number of hydrogen-bond donors (Lipinski definition) is 19. The lowest BCUT2D eigenvalue weighted by atomic mass is 9.89. The van der Waals surface area contributed by atoms with Crippen molar-refractivity contribution in [3.05, 3.63) is 117 Å². The van der Waals surface area contributed by atoms with Crippen LogP contribution in [0.2, 0.25) is 10.0 Å². The minimum atomic E-state index is -2.35. The van der Waals surface area contributed by atoms with Gasteiger partial charge in [-0.1, -0.05) is 55.2 Å². The number of aliphatic hydroxyl groups excluding tert-OH is 6. The molecule has 6 aliphatic heterocycles. The highest BCUT2D eigenvalue weighted by atomic mass is 35.5. The van der Waals surface area contributed by atoms with Gasteiger partial charge < -0.3 is 128 Å². The number of likely N-dealkylation sites (N-methyl/N-ethyl adjacent to an activating group) is 1. The molecule has 1 fully saturated rings. The number of phenolic OH excluding ortho intramolecular Hbond substituents is 3. The summed E-state index contributed by atoms with van der Waals surface area (Å²) in [4.78, 5) is 117. The Morgan fingerprint density at radius 3 is 1.85 bits per heavy atom. The summed E-state index contributed by atoms with van der Waals surface area (Å²) in [6.45, 7) is 8.54. The Kier molecular flexibility index (Phi) is 23.8. The number of aliphatic hydroxyl groups is 6. The van der Waals surface area contributed by atoms with Gasteiger partial charge in [0.2, 0.25) is 53.4 Å². The van der Waals surface area contributed by atoms with Crippen LogP contribution in [0.25, 0.3) is 11.1 Å². The molecule has 17 atom stereocenters. The van der Waals surface area contributed by atoms with Gasteiger partial charge in [0.15, 0.2) is 29.9 Å². The van der Waals surface area contributed by atoms with Crippen LogP contribution in [0.1, 0.15) is 113 Å². The van der Waals surface area contributed by atoms with E-state index in [-0.39, 0.29) is 39.8 Å². The smallest absolute Gasteiger partial charge is 0.330 e. The molecule has 21 N–H and O–H groups in total. The van der Waals surface area contributed by atoms with Gasteiger partial charge in [-0.3, -0.25) is 33.6 Å². The number of aliphatic carboxylic acids is 1. The number of nitrogens with one attached hydrogen (secondary N) is 7. The molecule has 33 nitrogen and oxygen atoms in total. The first-order valence-corrected chi connectivity index (χ1v) is 32.7. The molecular formula is C67H79Cl2N9O24. The highest BCUT2D eigenvalue weighted by Gasteiger charge is 2.49. The molecule has 0 aromatic heterocycles. The SMILES string of the molecule is CN[C@H](CC(C)C)C(=O)NC1C(=O)N[C@@H](CC(N)=O)C(=O)N[C@H]2C(=O)NC3C(=O)N[C@H](C(=O)N[C@@H](C(=O)O)c4cc(O)cc(O)c4-c4cc3ccc4O)[C@H](O)c3ccc(c(Cl)c3)Oc3cc2cc(c3OC2OC(CO)C(O)C(O)C2O[C@H](C)OC(C)C(O)C(C)(C)N)Oc2ccc(cc2Cl)[C@H]1O. The van der Waals surface area contributed by atoms with Crippen LogP contribution < -0.4 is 62.9 Å². The maximum Gasteiger partial charge on any atom is 0.330 e. The Balaban J connectivity index is 1.33. The Morgan fingerprint density at radius 1 is 0.696 bits per heavy atom. The Bertz CT molecular complexity index is 4050. The van der Waals surface area contributed by atoms with Crippen molar-refractivity contribution in [3.63, 3.8) is 0 Å². The van der Waals surface area contributed by atoms with Crippen molar-refractivity contribution < 1.29 is 118 Å². The van der Waals surface area contributed by atoms with E-state index in [1.54, 1.807) is 0 Å². The van der Waals surface area contributed by atoms with Crippen molar-refractivity contribution in [2.75, 3.05) is 13.7 Å². The van der Waals surface area contributed by atoms with E-state index in [1.807, 2.05) is 13.8 Å². The molecule has 550 valence electrons. The number of carbonyl (C=O) groups excluding carboxylic acids is 7. The van der Waals surface area contributed by atoms with Gasteiger partial charge in [0.1, 0.15) is 89.5 Å². The second kappa shape index (κ2) is 31.6. The van der Waals surface area contributed by atoms with E-state index in [1.165, 1.54) is 46.9 Å². The average molecular weight is 1470 g/mol. The third kappa shape index (κ3) is 17.0. The van der Waals surface area contributed by atoms with Crippen molar-refractivity contribution >= 4 is 70.5 Å². The van der Waals surface area contributed by atoms with Gasteiger partial charge in [-0.15, -0.1) is 0 Å². The van der Waals surface area contributed by atoms with Crippen molar-refractivity contribution in [3.8, 4) is 57.1 Å². The lowest BCUT2D eigenvalue weighted by Crippen LogP contribution is -2.61. The van der Waals surface area contributed by atoms with Crippen LogP contribution in [-0.2, 0) is 52.6 Å². The molecule has 9 unspecified atom stereocenters. The van der Waals surface area contributed by atoms with Crippen LogP contribution in [0.4, 0.5) is 0 Å². The highest BCUT2D eigenvalue weighted by molar-refractivity contribution is 6.32. The molecule has 0 spiro atoms. The maximum absolute atomic E-state index is 16.0. The Labute approximate surface area is 591 Å². The van der Waals surface area contributed by atoms with Gasteiger partial charge >= 0.3 is 5.97 Å². The summed E-state index contributed by atoms with van der Waals surface area (Å²) >= 11 is 14.1. The number of halogens is 2. The number of carboxylic acids is 1. The van der Waals surface area contributed by atoms with Crippen LogP contribution in [0, 0.1) is 5.92 Å². The quantitative estimate of drug-likeness (QED) is 0.0571. The minimum absolute atomic E-state index is 0.0989. The van der Waals surface area contributed by atoms with E-state index >= 15 is 14.4 Å². The molecule has 11 bridgehead atoms. The van der Waals surface area contributed by atoms with E-state index in [4.69, 9.17) is 63.1 Å². The zero-order chi connectivity index (χ0) is 74.8. The van der Waals surface area contributed by atoms with Gasteiger partial charge in [-0.25, -0.2) is 4.79 Å². The average Bonchev–Trinajstić information content (AvgIpc) is 0.768. The number of fused-ring (bicyclic) bond motifs is 15. The number of nitrogens with two attached hydrogens (primary N) is 2. The molecule has 6 aliphatic rings. The third-order valence-corrected chi connectivity index (χ3v) is 17.9. The topological polar surface area (TPSA) is 530 Å². The van der Waals surface area contributed by atoms with Crippen LogP contribution in [0.5, 0.6) is 46.0 Å². The number of ether oxygens (including phenoxy) is 6. The third-order valence-electron chi connectivity index (χ3n) is 17.3. The predicted octanol–water partition coefficient (Wildman–Crippen LogP) is 0.742. The van der Waals surface area contributed by atoms with E-state index < -0.39 is 237 Å². The maximum atomic E-state index is 16.0. The molecule has 7 amide bonds. The summed E-state index contributed by atoms with van der Waals surface area (Å²) < 4.78 is 38.1. The molecule has 35 heteroatoms. The molecule has 0 aliphatic carbocycles. The van der Waals surface area contributed by atoms with Gasteiger partial charge in [0.25, 0.3) is 0 Å². The predicted molar refractivity (Wildman–Crippen MR) is 356 cm³/mol. The van der Waals surface area contributed by atoms with Crippen molar-refractivity contribution in [1.29, 1.82) is 0 Å². The largest absolute Gasteiger partial charge is 0.508 e. The molecule has 0 saturated carbocycles. The van der Waals surface area contributed by atoms with Gasteiger partial charge in [0.05, 0.1) is 41.3 Å². The summed E-state index contributed by atoms with van der Waals surface area (Å²) in [5.41, 5.74) is 7.84. The summed E-state index contributed by atoms with van der Waals surface area (Å²) in [6.07, 6.45) is -18.5.